The molecule has 0 radical (unpaired) electrons. The van der Waals surface area contributed by atoms with Gasteiger partial charge in [-0.25, -0.2) is 9.97 Å². The van der Waals surface area contributed by atoms with Crippen molar-refractivity contribution in [3.63, 3.8) is 0 Å². The van der Waals surface area contributed by atoms with E-state index in [-0.39, 0.29) is 5.41 Å². The van der Waals surface area contributed by atoms with Gasteiger partial charge in [0, 0.05) is 44.1 Å². The lowest BCUT2D eigenvalue weighted by Gasteiger charge is -2.23. The van der Waals surface area contributed by atoms with Gasteiger partial charge in [0.25, 0.3) is 0 Å². The number of hydrogen-bond acceptors (Lipinski definition) is 2. The summed E-state index contributed by atoms with van der Waals surface area (Å²) in [6.07, 6.45) is 0. The number of para-hydroxylation sites is 2. The molecule has 0 unspecified atom stereocenters. The van der Waals surface area contributed by atoms with Gasteiger partial charge in [-0.3, -0.25) is 0 Å². The summed E-state index contributed by atoms with van der Waals surface area (Å²) >= 11 is 0. The van der Waals surface area contributed by atoms with Gasteiger partial charge >= 0.3 is 0 Å². The molecule has 1 aliphatic carbocycles. The summed E-state index contributed by atoms with van der Waals surface area (Å²) in [7, 11) is 0. The SMILES string of the molecule is CC1(C)c2ccccc2-c2c1cc(-c1ccc(-c3cc(-c4ccccc4)nc(-c4ccccc4)n3)cc1)c1c3ccccc3n(-c3ccccc3)c21. The minimum atomic E-state index is -0.157. The monoisotopic (exact) mass is 665 g/mol. The Hall–Kier alpha value is -6.58. The van der Waals surface area contributed by atoms with Crippen molar-refractivity contribution in [2.45, 2.75) is 19.3 Å². The zero-order valence-electron chi connectivity index (χ0n) is 29.1. The molecule has 1 aliphatic rings. The Morgan fingerprint density at radius 3 is 1.73 bits per heavy atom. The van der Waals surface area contributed by atoms with Crippen molar-refractivity contribution in [3.05, 3.63) is 187 Å². The molecule has 0 spiro atoms. The Bertz CT molecular complexity index is 2720. The predicted octanol–water partition coefficient (Wildman–Crippen LogP) is 12.5. The van der Waals surface area contributed by atoms with Gasteiger partial charge in [0.05, 0.1) is 22.4 Å². The molecule has 0 bridgehead atoms. The molecule has 0 saturated heterocycles. The van der Waals surface area contributed by atoms with Crippen LogP contribution in [0.4, 0.5) is 0 Å². The highest BCUT2D eigenvalue weighted by Crippen LogP contribution is 2.55. The first-order valence-electron chi connectivity index (χ1n) is 17.9. The van der Waals surface area contributed by atoms with Crippen molar-refractivity contribution >= 4 is 21.8 Å². The van der Waals surface area contributed by atoms with Crippen molar-refractivity contribution < 1.29 is 0 Å². The Balaban J connectivity index is 1.21. The maximum atomic E-state index is 5.10. The lowest BCUT2D eigenvalue weighted by molar-refractivity contribution is 0.661. The van der Waals surface area contributed by atoms with Crippen molar-refractivity contribution in [3.8, 4) is 61.8 Å². The normalized spacial score (nSPS) is 13.0. The highest BCUT2D eigenvalue weighted by molar-refractivity contribution is 6.21. The zero-order chi connectivity index (χ0) is 34.8. The van der Waals surface area contributed by atoms with Crippen molar-refractivity contribution in [2.75, 3.05) is 0 Å². The summed E-state index contributed by atoms with van der Waals surface area (Å²) in [5, 5.41) is 2.53. The molecule has 0 saturated carbocycles. The minimum Gasteiger partial charge on any atom is -0.309 e. The van der Waals surface area contributed by atoms with E-state index in [2.05, 4.69) is 170 Å². The molecule has 0 aliphatic heterocycles. The molecule has 0 amide bonds. The van der Waals surface area contributed by atoms with E-state index in [1.54, 1.807) is 0 Å². The lowest BCUT2D eigenvalue weighted by Crippen LogP contribution is -2.15. The molecule has 3 nitrogen and oxygen atoms in total. The maximum absolute atomic E-state index is 5.10. The van der Waals surface area contributed by atoms with Crippen molar-refractivity contribution in [2.24, 2.45) is 0 Å². The third-order valence-corrected chi connectivity index (χ3v) is 10.8. The Morgan fingerprint density at radius 1 is 0.462 bits per heavy atom. The van der Waals surface area contributed by atoms with E-state index < -0.39 is 0 Å². The second-order valence-electron chi connectivity index (χ2n) is 14.2. The van der Waals surface area contributed by atoms with Crippen LogP contribution in [0.1, 0.15) is 25.0 Å². The zero-order valence-corrected chi connectivity index (χ0v) is 29.1. The van der Waals surface area contributed by atoms with Gasteiger partial charge in [0.15, 0.2) is 5.82 Å². The summed E-state index contributed by atoms with van der Waals surface area (Å²) in [4.78, 5) is 10.1. The van der Waals surface area contributed by atoms with E-state index in [1.807, 2.05) is 24.3 Å². The molecule has 10 rings (SSSR count). The Morgan fingerprint density at radius 2 is 1.02 bits per heavy atom. The summed E-state index contributed by atoms with van der Waals surface area (Å²) < 4.78 is 2.48. The first-order chi connectivity index (χ1) is 25.6. The Labute approximate surface area is 303 Å². The third-order valence-electron chi connectivity index (χ3n) is 10.8. The Kier molecular flexibility index (Phi) is 6.84. The largest absolute Gasteiger partial charge is 0.309 e. The van der Waals surface area contributed by atoms with E-state index in [4.69, 9.17) is 9.97 Å². The fourth-order valence-corrected chi connectivity index (χ4v) is 8.28. The second kappa shape index (κ2) is 11.8. The first-order valence-corrected chi connectivity index (χ1v) is 17.9. The molecule has 2 aromatic heterocycles. The number of aromatic nitrogens is 3. The van der Waals surface area contributed by atoms with E-state index in [0.717, 1.165) is 39.6 Å². The van der Waals surface area contributed by atoms with Crippen molar-refractivity contribution in [1.29, 1.82) is 0 Å². The number of nitrogens with zero attached hydrogens (tertiary/aromatic N) is 3. The fraction of sp³-hybridized carbons (Fsp3) is 0.0612. The molecule has 246 valence electrons. The number of benzene rings is 7. The first kappa shape index (κ1) is 30.3. The van der Waals surface area contributed by atoms with Crippen LogP contribution in [0.15, 0.2) is 176 Å². The molecule has 0 atom stereocenters. The molecule has 52 heavy (non-hydrogen) atoms. The quantitative estimate of drug-likeness (QED) is 0.183. The van der Waals surface area contributed by atoms with E-state index in [0.29, 0.717) is 0 Å². The fourth-order valence-electron chi connectivity index (χ4n) is 8.28. The summed E-state index contributed by atoms with van der Waals surface area (Å²) in [6.45, 7) is 4.74. The average Bonchev–Trinajstić information content (AvgIpc) is 3.67. The summed E-state index contributed by atoms with van der Waals surface area (Å²) in [5.74, 6) is 0.719. The summed E-state index contributed by atoms with van der Waals surface area (Å²) in [6, 6.07) is 62.8. The van der Waals surface area contributed by atoms with Crippen LogP contribution in [0.3, 0.4) is 0 Å². The smallest absolute Gasteiger partial charge is 0.160 e. The van der Waals surface area contributed by atoms with Crippen LogP contribution in [0.2, 0.25) is 0 Å². The van der Waals surface area contributed by atoms with Gasteiger partial charge in [-0.15, -0.1) is 0 Å². The van der Waals surface area contributed by atoms with E-state index in [1.165, 1.54) is 55.2 Å². The standard InChI is InChI=1S/C49H35N3/c1-49(2)40-24-14-12-22-37(40)46-41(49)30-39(45-38-23-13-15-25-44(38)52(47(45)46)36-20-10-5-11-21-36)32-26-28-34(29-27-32)43-31-42(33-16-6-3-7-17-33)50-48(51-43)35-18-8-4-9-19-35/h3-31H,1-2H3. The topological polar surface area (TPSA) is 30.7 Å². The molecule has 0 N–H and O–H groups in total. The minimum absolute atomic E-state index is 0.157. The van der Waals surface area contributed by atoms with Gasteiger partial charge in [0.2, 0.25) is 0 Å². The highest BCUT2D eigenvalue weighted by Gasteiger charge is 2.38. The van der Waals surface area contributed by atoms with E-state index in [9.17, 15) is 0 Å². The maximum Gasteiger partial charge on any atom is 0.160 e. The van der Waals surface area contributed by atoms with Crippen LogP contribution in [0.25, 0.3) is 83.6 Å². The number of rotatable bonds is 5. The molecule has 7 aromatic carbocycles. The third kappa shape index (κ3) is 4.66. The second-order valence-corrected chi connectivity index (χ2v) is 14.2. The van der Waals surface area contributed by atoms with Crippen molar-refractivity contribution in [1.82, 2.24) is 14.5 Å². The van der Waals surface area contributed by atoms with Crippen LogP contribution in [0, 0.1) is 0 Å². The van der Waals surface area contributed by atoms with Gasteiger partial charge in [-0.2, -0.15) is 0 Å². The van der Waals surface area contributed by atoms with Gasteiger partial charge in [-0.05, 0) is 58.1 Å². The number of fused-ring (bicyclic) bond motifs is 7. The van der Waals surface area contributed by atoms with Crippen LogP contribution < -0.4 is 0 Å². The van der Waals surface area contributed by atoms with Crippen LogP contribution in [0.5, 0.6) is 0 Å². The lowest BCUT2D eigenvalue weighted by atomic mass is 9.81. The highest BCUT2D eigenvalue weighted by atomic mass is 15.0. The van der Waals surface area contributed by atoms with Crippen LogP contribution >= 0.6 is 0 Å². The predicted molar refractivity (Wildman–Crippen MR) is 216 cm³/mol. The molecular formula is C49H35N3. The molecule has 9 aromatic rings. The van der Waals surface area contributed by atoms with E-state index >= 15 is 0 Å². The van der Waals surface area contributed by atoms with Crippen LogP contribution in [-0.4, -0.2) is 14.5 Å². The van der Waals surface area contributed by atoms with Gasteiger partial charge in [0.1, 0.15) is 0 Å². The van der Waals surface area contributed by atoms with Gasteiger partial charge in [-0.1, -0.05) is 159 Å². The van der Waals surface area contributed by atoms with Crippen LogP contribution in [-0.2, 0) is 5.41 Å². The molecular weight excluding hydrogens is 631 g/mol. The molecule has 3 heteroatoms. The number of hydrogen-bond donors (Lipinski definition) is 0. The molecule has 0 fully saturated rings. The summed E-state index contributed by atoms with van der Waals surface area (Å²) in [5.41, 5.74) is 16.2. The van der Waals surface area contributed by atoms with Gasteiger partial charge < -0.3 is 4.57 Å². The molecule has 2 heterocycles. The average molecular weight is 666 g/mol.